The van der Waals surface area contributed by atoms with Gasteiger partial charge in [0.1, 0.15) is 0 Å². The molecule has 0 aliphatic heterocycles. The van der Waals surface area contributed by atoms with E-state index in [1.165, 1.54) is 10.5 Å². The van der Waals surface area contributed by atoms with Crippen molar-refractivity contribution in [2.45, 2.75) is 36.8 Å². The summed E-state index contributed by atoms with van der Waals surface area (Å²) in [5, 5.41) is -0.0121. The van der Waals surface area contributed by atoms with Gasteiger partial charge in [-0.25, -0.2) is 13.4 Å². The van der Waals surface area contributed by atoms with E-state index < -0.39 is 10.0 Å². The zero-order valence-corrected chi connectivity index (χ0v) is 11.2. The molecule has 18 heavy (non-hydrogen) atoms. The standard InChI is InChI=1S/C11H18N4O2S/c1-15(9-5-2-3-6-9)18(16,17)11-10(14-12)7-4-8-13-11/h4,7-9,14H,2-3,5-6,12H2,1H3. The largest absolute Gasteiger partial charge is 0.321 e. The summed E-state index contributed by atoms with van der Waals surface area (Å²) in [4.78, 5) is 3.94. The molecule has 1 aromatic heterocycles. The number of nitrogen functional groups attached to an aromatic ring is 1. The number of nitrogens with one attached hydrogen (secondary N) is 1. The average Bonchev–Trinajstić information content (AvgIpc) is 2.91. The van der Waals surface area contributed by atoms with Crippen LogP contribution in [0, 0.1) is 0 Å². The number of aromatic nitrogens is 1. The summed E-state index contributed by atoms with van der Waals surface area (Å²) in [7, 11) is -1.97. The SMILES string of the molecule is CN(C1CCCC1)S(=O)(=O)c1ncccc1NN. The Morgan fingerprint density at radius 2 is 2.11 bits per heavy atom. The Hall–Kier alpha value is -1.18. The second-order valence-electron chi connectivity index (χ2n) is 4.46. The molecule has 0 unspecified atom stereocenters. The molecule has 0 saturated heterocycles. The third kappa shape index (κ3) is 2.33. The van der Waals surface area contributed by atoms with Gasteiger partial charge in [-0.15, -0.1) is 0 Å². The Morgan fingerprint density at radius 3 is 2.72 bits per heavy atom. The van der Waals surface area contributed by atoms with Gasteiger partial charge in [-0.05, 0) is 25.0 Å². The van der Waals surface area contributed by atoms with E-state index in [9.17, 15) is 8.42 Å². The quantitative estimate of drug-likeness (QED) is 0.627. The van der Waals surface area contributed by atoms with Crippen molar-refractivity contribution in [1.82, 2.24) is 9.29 Å². The van der Waals surface area contributed by atoms with Crippen LogP contribution in [0.4, 0.5) is 5.69 Å². The number of rotatable bonds is 4. The number of hydrogen-bond donors (Lipinski definition) is 2. The van der Waals surface area contributed by atoms with Crippen molar-refractivity contribution >= 4 is 15.7 Å². The lowest BCUT2D eigenvalue weighted by atomic mass is 10.3. The molecular weight excluding hydrogens is 252 g/mol. The maximum atomic E-state index is 12.5. The molecule has 1 aromatic rings. The van der Waals surface area contributed by atoms with Gasteiger partial charge in [0.05, 0.1) is 5.69 Å². The third-order valence-electron chi connectivity index (χ3n) is 3.39. The van der Waals surface area contributed by atoms with Crippen molar-refractivity contribution in [2.24, 2.45) is 5.84 Å². The highest BCUT2D eigenvalue weighted by molar-refractivity contribution is 7.89. The maximum Gasteiger partial charge on any atom is 0.262 e. The third-order valence-corrected chi connectivity index (χ3v) is 5.26. The molecule has 3 N–H and O–H groups in total. The molecule has 1 fully saturated rings. The molecule has 0 spiro atoms. The average molecular weight is 270 g/mol. The minimum absolute atomic E-state index is 0.0121. The fourth-order valence-corrected chi connectivity index (χ4v) is 3.78. The van der Waals surface area contributed by atoms with Gasteiger partial charge in [-0.3, -0.25) is 5.84 Å². The van der Waals surface area contributed by atoms with Crippen LogP contribution in [0.2, 0.25) is 0 Å². The first-order chi connectivity index (χ1) is 8.57. The first-order valence-electron chi connectivity index (χ1n) is 5.97. The van der Waals surface area contributed by atoms with E-state index in [4.69, 9.17) is 5.84 Å². The van der Waals surface area contributed by atoms with E-state index in [1.54, 1.807) is 19.2 Å². The smallest absolute Gasteiger partial charge is 0.262 e. The molecule has 0 bridgehead atoms. The lowest BCUT2D eigenvalue weighted by Gasteiger charge is -2.23. The molecule has 7 heteroatoms. The number of pyridine rings is 1. The van der Waals surface area contributed by atoms with Gasteiger partial charge in [0, 0.05) is 19.3 Å². The lowest BCUT2D eigenvalue weighted by Crippen LogP contribution is -2.36. The van der Waals surface area contributed by atoms with E-state index in [0.717, 1.165) is 25.7 Å². The molecule has 1 saturated carbocycles. The van der Waals surface area contributed by atoms with Gasteiger partial charge in [0.25, 0.3) is 10.0 Å². The number of anilines is 1. The summed E-state index contributed by atoms with van der Waals surface area (Å²) in [6.45, 7) is 0. The summed E-state index contributed by atoms with van der Waals surface area (Å²) >= 11 is 0. The van der Waals surface area contributed by atoms with E-state index in [0.29, 0.717) is 5.69 Å². The molecule has 2 rings (SSSR count). The number of nitrogens with zero attached hydrogens (tertiary/aromatic N) is 2. The lowest BCUT2D eigenvalue weighted by molar-refractivity contribution is 0.372. The van der Waals surface area contributed by atoms with E-state index in [1.807, 2.05) is 0 Å². The van der Waals surface area contributed by atoms with E-state index in [2.05, 4.69) is 10.4 Å². The fourth-order valence-electron chi connectivity index (χ4n) is 2.31. The predicted molar refractivity (Wildman–Crippen MR) is 69.3 cm³/mol. The van der Waals surface area contributed by atoms with Crippen LogP contribution in [0.1, 0.15) is 25.7 Å². The Balaban J connectivity index is 2.35. The van der Waals surface area contributed by atoms with Gasteiger partial charge in [-0.2, -0.15) is 4.31 Å². The Labute approximate surface area is 107 Å². The van der Waals surface area contributed by atoms with Crippen molar-refractivity contribution in [3.05, 3.63) is 18.3 Å². The molecular formula is C11H18N4O2S. The molecule has 0 aromatic carbocycles. The van der Waals surface area contributed by atoms with Crippen LogP contribution in [0.25, 0.3) is 0 Å². The van der Waals surface area contributed by atoms with Gasteiger partial charge < -0.3 is 5.43 Å². The fraction of sp³-hybridized carbons (Fsp3) is 0.545. The zero-order chi connectivity index (χ0) is 13.2. The Kier molecular flexibility index (Phi) is 3.84. The highest BCUT2D eigenvalue weighted by atomic mass is 32.2. The van der Waals surface area contributed by atoms with Crippen molar-refractivity contribution in [2.75, 3.05) is 12.5 Å². The van der Waals surface area contributed by atoms with Gasteiger partial charge in [-0.1, -0.05) is 12.8 Å². The normalized spacial score (nSPS) is 17.3. The molecule has 0 atom stereocenters. The Bertz CT molecular complexity index is 512. The molecule has 0 radical (unpaired) electrons. The summed E-state index contributed by atoms with van der Waals surface area (Å²) < 4.78 is 26.4. The first-order valence-corrected chi connectivity index (χ1v) is 7.41. The number of hydrogen-bond acceptors (Lipinski definition) is 5. The van der Waals surface area contributed by atoms with Crippen LogP contribution in [0.15, 0.2) is 23.4 Å². The van der Waals surface area contributed by atoms with Crippen molar-refractivity contribution < 1.29 is 8.42 Å². The Morgan fingerprint density at radius 1 is 1.44 bits per heavy atom. The number of nitrogens with two attached hydrogens (primary N) is 1. The zero-order valence-electron chi connectivity index (χ0n) is 10.3. The number of hydrazine groups is 1. The van der Waals surface area contributed by atoms with Crippen LogP contribution < -0.4 is 11.3 Å². The second kappa shape index (κ2) is 5.21. The predicted octanol–water partition coefficient (Wildman–Crippen LogP) is 0.930. The summed E-state index contributed by atoms with van der Waals surface area (Å²) in [5.41, 5.74) is 2.70. The molecule has 0 amide bonds. The van der Waals surface area contributed by atoms with Gasteiger partial charge >= 0.3 is 0 Å². The molecule has 6 nitrogen and oxygen atoms in total. The molecule has 1 aliphatic rings. The first kappa shape index (κ1) is 13.3. The van der Waals surface area contributed by atoms with E-state index in [-0.39, 0.29) is 11.1 Å². The highest BCUT2D eigenvalue weighted by Crippen LogP contribution is 2.28. The van der Waals surface area contributed by atoms with Crippen LogP contribution in [-0.2, 0) is 10.0 Å². The maximum absolute atomic E-state index is 12.5. The summed E-state index contributed by atoms with van der Waals surface area (Å²) in [6.07, 6.45) is 5.43. The minimum Gasteiger partial charge on any atom is -0.321 e. The van der Waals surface area contributed by atoms with E-state index >= 15 is 0 Å². The second-order valence-corrected chi connectivity index (χ2v) is 6.37. The van der Waals surface area contributed by atoms with Crippen LogP contribution >= 0.6 is 0 Å². The molecule has 100 valence electrons. The molecule has 1 heterocycles. The summed E-state index contributed by atoms with van der Waals surface area (Å²) in [5.74, 6) is 5.33. The van der Waals surface area contributed by atoms with Crippen LogP contribution in [0.3, 0.4) is 0 Å². The number of sulfonamides is 1. The topological polar surface area (TPSA) is 88.3 Å². The molecule has 1 aliphatic carbocycles. The highest BCUT2D eigenvalue weighted by Gasteiger charge is 2.32. The summed E-state index contributed by atoms with van der Waals surface area (Å²) in [6, 6.07) is 3.31. The monoisotopic (exact) mass is 270 g/mol. The minimum atomic E-state index is -3.59. The van der Waals surface area contributed by atoms with Crippen molar-refractivity contribution in [3.8, 4) is 0 Å². The van der Waals surface area contributed by atoms with Crippen molar-refractivity contribution in [1.29, 1.82) is 0 Å². The van der Waals surface area contributed by atoms with Crippen molar-refractivity contribution in [3.63, 3.8) is 0 Å². The van der Waals surface area contributed by atoms with Crippen LogP contribution in [0.5, 0.6) is 0 Å². The van der Waals surface area contributed by atoms with Crippen LogP contribution in [-0.4, -0.2) is 30.8 Å². The van der Waals surface area contributed by atoms with Gasteiger partial charge in [0.15, 0.2) is 5.03 Å². The van der Waals surface area contributed by atoms with Gasteiger partial charge in [0.2, 0.25) is 0 Å².